The van der Waals surface area contributed by atoms with Crippen LogP contribution in [0, 0.1) is 28.3 Å². The lowest BCUT2D eigenvalue weighted by Gasteiger charge is -2.13. The topological polar surface area (TPSA) is 120 Å². The number of carbonyl (C=O) groups is 1. The summed E-state index contributed by atoms with van der Waals surface area (Å²) in [6.45, 7) is 2.45. The van der Waals surface area contributed by atoms with Crippen LogP contribution in [0.15, 0.2) is 18.2 Å². The normalized spacial score (nSPS) is 11.6. The van der Waals surface area contributed by atoms with Crippen LogP contribution in [0.2, 0.25) is 0 Å². The Morgan fingerprint density at radius 1 is 1.52 bits per heavy atom. The molecule has 1 unspecified atom stereocenters. The molecule has 0 fully saturated rings. The highest BCUT2D eigenvalue weighted by Gasteiger charge is 2.08. The first-order valence-corrected chi connectivity index (χ1v) is 7.09. The van der Waals surface area contributed by atoms with E-state index in [1.54, 1.807) is 24.5 Å². The first kappa shape index (κ1) is 18.5. The molecule has 0 amide bonds. The molecule has 0 spiro atoms. The molecule has 0 heterocycles. The number of hydrogen-bond donors (Lipinski definition) is 4. The van der Waals surface area contributed by atoms with Gasteiger partial charge in [0.1, 0.15) is 12.1 Å². The molecule has 0 saturated carbocycles. The fraction of sp³-hybridized carbons (Fsp3) is 0.429. The van der Waals surface area contributed by atoms with Crippen LogP contribution in [-0.2, 0) is 11.3 Å². The summed E-state index contributed by atoms with van der Waals surface area (Å²) in [5.74, 6) is -0.662. The van der Waals surface area contributed by atoms with Gasteiger partial charge in [0.25, 0.3) is 5.96 Å². The number of aryl methyl sites for hydroxylation is 1. The Labute approximate surface area is 133 Å². The van der Waals surface area contributed by atoms with E-state index in [9.17, 15) is 19.3 Å². The van der Waals surface area contributed by atoms with E-state index in [0.717, 1.165) is 11.8 Å². The maximum atomic E-state index is 13.2. The Morgan fingerprint density at radius 2 is 2.26 bits per heavy atom. The van der Waals surface area contributed by atoms with E-state index in [1.807, 2.05) is 0 Å². The average molecular weight is 325 g/mol. The summed E-state index contributed by atoms with van der Waals surface area (Å²) in [6, 6.07) is 4.39. The molecule has 4 N–H and O–H groups in total. The van der Waals surface area contributed by atoms with Gasteiger partial charge in [-0.3, -0.25) is 5.41 Å². The van der Waals surface area contributed by atoms with E-state index < -0.39 is 11.0 Å². The van der Waals surface area contributed by atoms with E-state index >= 15 is 0 Å². The van der Waals surface area contributed by atoms with Gasteiger partial charge in [0.15, 0.2) is 5.03 Å². The minimum atomic E-state index is -0.824. The highest BCUT2D eigenvalue weighted by Crippen LogP contribution is 2.09. The third kappa shape index (κ3) is 7.32. The fourth-order valence-electron chi connectivity index (χ4n) is 1.95. The van der Waals surface area contributed by atoms with E-state index in [0.29, 0.717) is 31.5 Å². The quantitative estimate of drug-likeness (QED) is 0.134. The van der Waals surface area contributed by atoms with Gasteiger partial charge in [-0.15, -0.1) is 0 Å². The lowest BCUT2D eigenvalue weighted by molar-refractivity contribution is -0.525. The molecule has 0 aliphatic rings. The average Bonchev–Trinajstić information content (AvgIpc) is 2.49. The minimum Gasteiger partial charge on any atom is -0.352 e. The van der Waals surface area contributed by atoms with Gasteiger partial charge in [-0.05, 0) is 37.0 Å². The van der Waals surface area contributed by atoms with E-state index in [-0.39, 0.29) is 11.9 Å². The summed E-state index contributed by atoms with van der Waals surface area (Å²) in [5, 5.41) is 22.1. The summed E-state index contributed by atoms with van der Waals surface area (Å²) >= 11 is 0. The molecular weight excluding hydrogens is 305 g/mol. The molecule has 0 bridgehead atoms. The summed E-state index contributed by atoms with van der Waals surface area (Å²) in [6.07, 6.45) is 1.86. The van der Waals surface area contributed by atoms with Crippen molar-refractivity contribution in [2.24, 2.45) is 0 Å². The van der Waals surface area contributed by atoms with Crippen LogP contribution in [0.25, 0.3) is 0 Å². The number of nitrogens with zero attached hydrogens (tertiary/aromatic N) is 1. The van der Waals surface area contributed by atoms with Crippen LogP contribution in [0.1, 0.15) is 24.0 Å². The zero-order valence-electron chi connectivity index (χ0n) is 12.8. The van der Waals surface area contributed by atoms with Gasteiger partial charge < -0.3 is 15.4 Å². The predicted octanol–water partition coefficient (Wildman–Crippen LogP) is 0.877. The van der Waals surface area contributed by atoms with Crippen LogP contribution in [0.5, 0.6) is 0 Å². The number of hydrogen-bond acceptors (Lipinski definition) is 5. The van der Waals surface area contributed by atoms with Crippen molar-refractivity contribution in [2.75, 3.05) is 6.54 Å². The number of nitro groups is 1. The molecule has 0 aromatic heterocycles. The SMILES string of the molecule is Cc1cc(CNC(C=O)CCCNC(=N)N[N+](=O)[O-])ccc1F. The third-order valence-corrected chi connectivity index (χ3v) is 3.15. The zero-order chi connectivity index (χ0) is 17.2. The van der Waals surface area contributed by atoms with E-state index in [4.69, 9.17) is 5.41 Å². The van der Waals surface area contributed by atoms with Crippen LogP contribution < -0.4 is 16.1 Å². The van der Waals surface area contributed by atoms with Crippen LogP contribution in [0.4, 0.5) is 4.39 Å². The maximum absolute atomic E-state index is 13.2. The number of rotatable bonds is 9. The molecule has 8 nitrogen and oxygen atoms in total. The van der Waals surface area contributed by atoms with Crippen molar-refractivity contribution in [3.63, 3.8) is 0 Å². The second kappa shape index (κ2) is 9.46. The van der Waals surface area contributed by atoms with Gasteiger partial charge in [0.2, 0.25) is 0 Å². The molecule has 1 aromatic carbocycles. The van der Waals surface area contributed by atoms with Gasteiger partial charge in [-0.25, -0.2) is 14.5 Å². The number of aldehydes is 1. The van der Waals surface area contributed by atoms with Crippen molar-refractivity contribution >= 4 is 12.2 Å². The Morgan fingerprint density at radius 3 is 2.87 bits per heavy atom. The standard InChI is InChI=1S/C14H20FN5O3/c1-10-7-11(4-5-13(10)15)8-18-12(9-21)3-2-6-17-14(16)19-20(22)23/h4-5,7,9,12,18H,2-3,6,8H2,1H3,(H3,16,17,19). The van der Waals surface area contributed by atoms with Crippen molar-refractivity contribution in [3.05, 3.63) is 45.3 Å². The molecule has 9 heteroatoms. The third-order valence-electron chi connectivity index (χ3n) is 3.15. The largest absolute Gasteiger partial charge is 0.352 e. The number of nitrogens with one attached hydrogen (secondary N) is 4. The molecule has 0 saturated heterocycles. The highest BCUT2D eigenvalue weighted by molar-refractivity contribution is 5.74. The molecule has 23 heavy (non-hydrogen) atoms. The Bertz CT molecular complexity index is 567. The van der Waals surface area contributed by atoms with E-state index in [2.05, 4.69) is 10.6 Å². The Balaban J connectivity index is 2.29. The lowest BCUT2D eigenvalue weighted by atomic mass is 10.1. The van der Waals surface area contributed by atoms with Crippen LogP contribution >= 0.6 is 0 Å². The molecule has 0 aliphatic carbocycles. The van der Waals surface area contributed by atoms with Gasteiger partial charge >= 0.3 is 0 Å². The number of carbonyl (C=O) groups excluding carboxylic acids is 1. The van der Waals surface area contributed by atoms with Crippen molar-refractivity contribution in [1.29, 1.82) is 5.41 Å². The molecule has 126 valence electrons. The number of hydrazine groups is 1. The Kier molecular flexibility index (Phi) is 7.61. The summed E-state index contributed by atoms with van der Waals surface area (Å²) in [4.78, 5) is 21.1. The first-order valence-electron chi connectivity index (χ1n) is 7.09. The zero-order valence-corrected chi connectivity index (χ0v) is 12.8. The molecule has 0 aliphatic heterocycles. The van der Waals surface area contributed by atoms with Crippen molar-refractivity contribution < 1.29 is 14.2 Å². The number of guanidine groups is 1. The number of benzene rings is 1. The predicted molar refractivity (Wildman–Crippen MR) is 82.9 cm³/mol. The van der Waals surface area contributed by atoms with Gasteiger partial charge in [-0.1, -0.05) is 17.6 Å². The van der Waals surface area contributed by atoms with Crippen molar-refractivity contribution in [2.45, 2.75) is 32.4 Å². The number of halogens is 1. The second-order valence-electron chi connectivity index (χ2n) is 5.02. The minimum absolute atomic E-state index is 0.266. The van der Waals surface area contributed by atoms with Crippen LogP contribution in [0.3, 0.4) is 0 Å². The highest BCUT2D eigenvalue weighted by atomic mass is 19.1. The summed E-state index contributed by atoms with van der Waals surface area (Å²) in [5.41, 5.74) is 3.11. The second-order valence-corrected chi connectivity index (χ2v) is 5.02. The molecule has 1 atom stereocenters. The summed E-state index contributed by atoms with van der Waals surface area (Å²) in [7, 11) is 0. The first-order chi connectivity index (χ1) is 10.9. The molecule has 1 aromatic rings. The molecule has 1 rings (SSSR count). The smallest absolute Gasteiger partial charge is 0.251 e. The summed E-state index contributed by atoms with van der Waals surface area (Å²) < 4.78 is 13.2. The monoisotopic (exact) mass is 325 g/mol. The van der Waals surface area contributed by atoms with E-state index in [1.165, 1.54) is 6.07 Å². The van der Waals surface area contributed by atoms with Gasteiger partial charge in [-0.2, -0.15) is 0 Å². The van der Waals surface area contributed by atoms with Crippen LogP contribution in [-0.4, -0.2) is 29.9 Å². The molecule has 0 radical (unpaired) electrons. The van der Waals surface area contributed by atoms with Gasteiger partial charge in [0, 0.05) is 13.1 Å². The maximum Gasteiger partial charge on any atom is 0.251 e. The van der Waals surface area contributed by atoms with Crippen molar-refractivity contribution in [1.82, 2.24) is 16.1 Å². The Hall–Kier alpha value is -2.55. The van der Waals surface area contributed by atoms with Gasteiger partial charge in [0.05, 0.1) is 6.04 Å². The fourth-order valence-corrected chi connectivity index (χ4v) is 1.95. The van der Waals surface area contributed by atoms with Crippen molar-refractivity contribution in [3.8, 4) is 0 Å². The lowest BCUT2D eigenvalue weighted by Crippen LogP contribution is -2.40. The molecular formula is C14H20FN5O3.